The van der Waals surface area contributed by atoms with Gasteiger partial charge in [-0.15, -0.1) is 0 Å². The Balaban J connectivity index is 2.00. The molecule has 1 aromatic rings. The summed E-state index contributed by atoms with van der Waals surface area (Å²) in [7, 11) is 0. The molecule has 0 saturated carbocycles. The lowest BCUT2D eigenvalue weighted by molar-refractivity contribution is 0.331. The Morgan fingerprint density at radius 3 is 2.64 bits per heavy atom. The van der Waals surface area contributed by atoms with Crippen molar-refractivity contribution in [3.63, 3.8) is 0 Å². The third-order valence-corrected chi connectivity index (χ3v) is 2.69. The zero-order chi connectivity index (χ0) is 9.80. The van der Waals surface area contributed by atoms with Crippen molar-refractivity contribution in [3.05, 3.63) is 29.6 Å². The van der Waals surface area contributed by atoms with Crippen LogP contribution < -0.4 is 5.73 Å². The zero-order valence-electron chi connectivity index (χ0n) is 8.45. The van der Waals surface area contributed by atoms with Gasteiger partial charge in [0, 0.05) is 25.5 Å². The van der Waals surface area contributed by atoms with Crippen molar-refractivity contribution in [1.29, 1.82) is 0 Å². The second kappa shape index (κ2) is 4.53. The van der Waals surface area contributed by atoms with Crippen LogP contribution in [-0.4, -0.2) is 23.0 Å². The molecule has 0 amide bonds. The van der Waals surface area contributed by atoms with E-state index in [1.165, 1.54) is 31.5 Å². The van der Waals surface area contributed by atoms with E-state index in [9.17, 15) is 0 Å². The fourth-order valence-electron chi connectivity index (χ4n) is 1.94. The molecule has 1 fully saturated rings. The van der Waals surface area contributed by atoms with E-state index in [1.807, 2.05) is 12.4 Å². The lowest BCUT2D eigenvalue weighted by Gasteiger charge is -2.14. The van der Waals surface area contributed by atoms with Crippen LogP contribution in [-0.2, 0) is 13.1 Å². The molecule has 1 aromatic heterocycles. The van der Waals surface area contributed by atoms with Gasteiger partial charge in [0.1, 0.15) is 0 Å². The van der Waals surface area contributed by atoms with Gasteiger partial charge < -0.3 is 5.73 Å². The molecule has 76 valence electrons. The largest absolute Gasteiger partial charge is 0.326 e. The second-order valence-electron chi connectivity index (χ2n) is 3.89. The van der Waals surface area contributed by atoms with Crippen LogP contribution in [0.2, 0.25) is 0 Å². The maximum Gasteiger partial charge on any atom is 0.0313 e. The molecule has 1 aliphatic rings. The molecule has 14 heavy (non-hydrogen) atoms. The molecule has 2 heterocycles. The first-order valence-corrected chi connectivity index (χ1v) is 5.24. The van der Waals surface area contributed by atoms with Gasteiger partial charge in [0.2, 0.25) is 0 Å². The van der Waals surface area contributed by atoms with Gasteiger partial charge in [-0.05, 0) is 37.1 Å². The van der Waals surface area contributed by atoms with E-state index in [4.69, 9.17) is 5.73 Å². The van der Waals surface area contributed by atoms with Crippen LogP contribution >= 0.6 is 0 Å². The van der Waals surface area contributed by atoms with Crippen LogP contribution in [0, 0.1) is 0 Å². The molecule has 0 unspecified atom stereocenters. The third kappa shape index (κ3) is 2.30. The van der Waals surface area contributed by atoms with Crippen molar-refractivity contribution in [2.45, 2.75) is 25.9 Å². The standard InChI is InChI=1S/C11H17N3/c12-6-10-5-11(8-13-7-10)9-14-3-1-2-4-14/h5,7-8H,1-4,6,9,12H2. The lowest BCUT2D eigenvalue weighted by Crippen LogP contribution is -2.18. The van der Waals surface area contributed by atoms with Gasteiger partial charge in [-0.1, -0.05) is 6.07 Å². The summed E-state index contributed by atoms with van der Waals surface area (Å²) < 4.78 is 0. The number of hydrogen-bond donors (Lipinski definition) is 1. The second-order valence-corrected chi connectivity index (χ2v) is 3.89. The molecule has 0 spiro atoms. The molecule has 1 aliphatic heterocycles. The molecular formula is C11H17N3. The van der Waals surface area contributed by atoms with Crippen molar-refractivity contribution < 1.29 is 0 Å². The number of aromatic nitrogens is 1. The lowest BCUT2D eigenvalue weighted by atomic mass is 10.2. The van der Waals surface area contributed by atoms with Crippen LogP contribution in [0.5, 0.6) is 0 Å². The molecule has 0 radical (unpaired) electrons. The number of nitrogens with two attached hydrogens (primary N) is 1. The predicted octanol–water partition coefficient (Wildman–Crippen LogP) is 1.14. The van der Waals surface area contributed by atoms with Gasteiger partial charge >= 0.3 is 0 Å². The van der Waals surface area contributed by atoms with E-state index in [0.29, 0.717) is 6.54 Å². The van der Waals surface area contributed by atoms with Gasteiger partial charge in [-0.2, -0.15) is 0 Å². The Labute approximate surface area is 84.9 Å². The summed E-state index contributed by atoms with van der Waals surface area (Å²) in [5.41, 5.74) is 7.99. The van der Waals surface area contributed by atoms with Crippen LogP contribution in [0.25, 0.3) is 0 Å². The van der Waals surface area contributed by atoms with Gasteiger partial charge in [-0.25, -0.2) is 0 Å². The predicted molar refractivity (Wildman–Crippen MR) is 56.6 cm³/mol. The van der Waals surface area contributed by atoms with Crippen molar-refractivity contribution in [2.24, 2.45) is 5.73 Å². The highest BCUT2D eigenvalue weighted by molar-refractivity contribution is 5.17. The molecule has 1 saturated heterocycles. The maximum absolute atomic E-state index is 5.57. The minimum absolute atomic E-state index is 0.584. The Hall–Kier alpha value is -0.930. The van der Waals surface area contributed by atoms with Crippen molar-refractivity contribution in [2.75, 3.05) is 13.1 Å². The van der Waals surface area contributed by atoms with E-state index in [2.05, 4.69) is 16.0 Å². The van der Waals surface area contributed by atoms with E-state index < -0.39 is 0 Å². The summed E-state index contributed by atoms with van der Waals surface area (Å²) in [4.78, 5) is 6.66. The number of nitrogens with zero attached hydrogens (tertiary/aromatic N) is 2. The highest BCUT2D eigenvalue weighted by atomic mass is 15.1. The quantitative estimate of drug-likeness (QED) is 0.779. The molecule has 0 bridgehead atoms. The first-order chi connectivity index (χ1) is 6.88. The van der Waals surface area contributed by atoms with E-state index in [-0.39, 0.29) is 0 Å². The number of likely N-dealkylation sites (tertiary alicyclic amines) is 1. The van der Waals surface area contributed by atoms with E-state index in [1.54, 1.807) is 0 Å². The summed E-state index contributed by atoms with van der Waals surface area (Å²) in [6, 6.07) is 2.16. The van der Waals surface area contributed by atoms with Crippen LogP contribution in [0.1, 0.15) is 24.0 Å². The Morgan fingerprint density at radius 1 is 1.21 bits per heavy atom. The monoisotopic (exact) mass is 191 g/mol. The highest BCUT2D eigenvalue weighted by Crippen LogP contribution is 2.12. The molecular weight excluding hydrogens is 174 g/mol. The van der Waals surface area contributed by atoms with Gasteiger partial charge in [-0.3, -0.25) is 9.88 Å². The van der Waals surface area contributed by atoms with Crippen molar-refractivity contribution in [3.8, 4) is 0 Å². The SMILES string of the molecule is NCc1cncc(CN2CCCC2)c1. The third-order valence-electron chi connectivity index (χ3n) is 2.69. The highest BCUT2D eigenvalue weighted by Gasteiger charge is 2.11. The molecule has 0 aromatic carbocycles. The zero-order valence-corrected chi connectivity index (χ0v) is 8.45. The summed E-state index contributed by atoms with van der Waals surface area (Å²) in [5.74, 6) is 0. The van der Waals surface area contributed by atoms with Crippen LogP contribution in [0.3, 0.4) is 0 Å². The molecule has 0 atom stereocenters. The fourth-order valence-corrected chi connectivity index (χ4v) is 1.94. The van der Waals surface area contributed by atoms with Gasteiger partial charge in [0.05, 0.1) is 0 Å². The van der Waals surface area contributed by atoms with Gasteiger partial charge in [0.15, 0.2) is 0 Å². The fraction of sp³-hybridized carbons (Fsp3) is 0.545. The summed E-state index contributed by atoms with van der Waals surface area (Å²) in [6.07, 6.45) is 6.46. The first-order valence-electron chi connectivity index (χ1n) is 5.24. The summed E-state index contributed by atoms with van der Waals surface area (Å²) in [6.45, 7) is 4.07. The average molecular weight is 191 g/mol. The molecule has 0 aliphatic carbocycles. The first kappa shape index (κ1) is 9.62. The summed E-state index contributed by atoms with van der Waals surface area (Å²) >= 11 is 0. The van der Waals surface area contributed by atoms with Crippen molar-refractivity contribution in [1.82, 2.24) is 9.88 Å². The van der Waals surface area contributed by atoms with Crippen molar-refractivity contribution >= 4 is 0 Å². The van der Waals surface area contributed by atoms with Crippen LogP contribution in [0.4, 0.5) is 0 Å². The Morgan fingerprint density at radius 2 is 1.93 bits per heavy atom. The number of pyridine rings is 1. The Kier molecular flexibility index (Phi) is 3.11. The normalized spacial score (nSPS) is 17.5. The maximum atomic E-state index is 5.57. The molecule has 2 N–H and O–H groups in total. The van der Waals surface area contributed by atoms with Gasteiger partial charge in [0.25, 0.3) is 0 Å². The minimum atomic E-state index is 0.584. The van der Waals surface area contributed by atoms with E-state index in [0.717, 1.165) is 12.1 Å². The molecule has 3 nitrogen and oxygen atoms in total. The smallest absolute Gasteiger partial charge is 0.0313 e. The molecule has 3 heteroatoms. The number of hydrogen-bond acceptors (Lipinski definition) is 3. The minimum Gasteiger partial charge on any atom is -0.326 e. The Bertz CT molecular complexity index is 292. The summed E-state index contributed by atoms with van der Waals surface area (Å²) in [5, 5.41) is 0. The molecule has 2 rings (SSSR count). The average Bonchev–Trinajstić information content (AvgIpc) is 2.71. The topological polar surface area (TPSA) is 42.1 Å². The number of rotatable bonds is 3. The van der Waals surface area contributed by atoms with E-state index >= 15 is 0 Å². The van der Waals surface area contributed by atoms with Crippen LogP contribution in [0.15, 0.2) is 18.5 Å².